The van der Waals surface area contributed by atoms with Crippen molar-refractivity contribution in [3.05, 3.63) is 41.7 Å². The first-order valence-electron chi connectivity index (χ1n) is 6.64. The average Bonchev–Trinajstić information content (AvgIpc) is 2.46. The lowest BCUT2D eigenvalue weighted by molar-refractivity contribution is 0.481. The molecule has 1 aromatic carbocycles. The molecule has 0 aliphatic rings. The molecule has 0 amide bonds. The fraction of sp³-hybridized carbons (Fsp3) is 0.250. The van der Waals surface area contributed by atoms with E-state index in [1.165, 1.54) is 0 Å². The molecule has 19 heavy (non-hydrogen) atoms. The van der Waals surface area contributed by atoms with E-state index >= 15 is 0 Å². The Morgan fingerprint density at radius 2 is 1.53 bits per heavy atom. The Morgan fingerprint density at radius 1 is 0.895 bits per heavy atom. The minimum absolute atomic E-state index is 0.207. The number of hydrogen-bond donors (Lipinski definition) is 1. The Morgan fingerprint density at radius 3 is 2.21 bits per heavy atom. The molecule has 1 N–H and O–H groups in total. The highest BCUT2D eigenvalue weighted by Gasteiger charge is 2.09. The molecule has 0 unspecified atom stereocenters. The summed E-state index contributed by atoms with van der Waals surface area (Å²) >= 11 is 0. The molecular weight excluding hydrogens is 236 g/mol. The first-order valence-corrected chi connectivity index (χ1v) is 6.64. The van der Waals surface area contributed by atoms with Gasteiger partial charge in [-0.3, -0.25) is 4.98 Å². The molecule has 3 heteroatoms. The first kappa shape index (κ1) is 11.9. The molecule has 0 spiro atoms. The van der Waals surface area contributed by atoms with Crippen LogP contribution >= 0.6 is 0 Å². The van der Waals surface area contributed by atoms with Crippen molar-refractivity contribution in [2.24, 2.45) is 0 Å². The van der Waals surface area contributed by atoms with Crippen LogP contribution in [0.15, 0.2) is 30.3 Å². The van der Waals surface area contributed by atoms with Crippen LogP contribution in [0.2, 0.25) is 0 Å². The van der Waals surface area contributed by atoms with Crippen molar-refractivity contribution in [2.75, 3.05) is 0 Å². The van der Waals surface area contributed by atoms with Crippen LogP contribution in [-0.4, -0.2) is 15.1 Å². The van der Waals surface area contributed by atoms with Crippen LogP contribution in [0.4, 0.5) is 0 Å². The number of benzene rings is 1. The van der Waals surface area contributed by atoms with Crippen molar-refractivity contribution >= 4 is 21.8 Å². The van der Waals surface area contributed by atoms with Gasteiger partial charge in [0.25, 0.3) is 0 Å². The van der Waals surface area contributed by atoms with Gasteiger partial charge < -0.3 is 5.11 Å². The number of rotatable bonds is 2. The lowest BCUT2D eigenvalue weighted by atomic mass is 10.1. The quantitative estimate of drug-likeness (QED) is 0.709. The number of aryl methyl sites for hydroxylation is 2. The third-order valence-electron chi connectivity index (χ3n) is 3.47. The average molecular weight is 252 g/mol. The Hall–Kier alpha value is -2.16. The van der Waals surface area contributed by atoms with Gasteiger partial charge in [0.05, 0.1) is 5.52 Å². The molecule has 0 saturated carbocycles. The van der Waals surface area contributed by atoms with Gasteiger partial charge in [0.2, 0.25) is 0 Å². The molecule has 2 heterocycles. The van der Waals surface area contributed by atoms with Gasteiger partial charge in [-0.15, -0.1) is 0 Å². The smallest absolute Gasteiger partial charge is 0.144 e. The van der Waals surface area contributed by atoms with E-state index in [4.69, 9.17) is 0 Å². The summed E-state index contributed by atoms with van der Waals surface area (Å²) in [4.78, 5) is 9.07. The molecule has 0 bridgehead atoms. The van der Waals surface area contributed by atoms with Crippen LogP contribution in [0, 0.1) is 0 Å². The van der Waals surface area contributed by atoms with Crippen molar-refractivity contribution in [2.45, 2.75) is 26.7 Å². The summed E-state index contributed by atoms with van der Waals surface area (Å²) in [6, 6.07) is 9.84. The number of hydrogen-bond acceptors (Lipinski definition) is 3. The number of aromatic hydroxyl groups is 1. The van der Waals surface area contributed by atoms with Crippen molar-refractivity contribution < 1.29 is 5.11 Å². The summed E-state index contributed by atoms with van der Waals surface area (Å²) in [5, 5.41) is 12.2. The molecular formula is C16H16N2O. The second-order valence-electron chi connectivity index (χ2n) is 4.67. The topological polar surface area (TPSA) is 46.0 Å². The Balaban J connectivity index is 2.39. The predicted molar refractivity (Wildman–Crippen MR) is 77.5 cm³/mol. The number of aromatic nitrogens is 2. The van der Waals surface area contributed by atoms with Gasteiger partial charge in [-0.2, -0.15) is 0 Å². The fourth-order valence-electron chi connectivity index (χ4n) is 2.36. The van der Waals surface area contributed by atoms with Crippen LogP contribution < -0.4 is 0 Å². The van der Waals surface area contributed by atoms with E-state index in [0.717, 1.165) is 40.5 Å². The van der Waals surface area contributed by atoms with Crippen molar-refractivity contribution in [3.8, 4) is 5.75 Å². The zero-order chi connectivity index (χ0) is 13.4. The molecule has 0 aliphatic heterocycles. The van der Waals surface area contributed by atoms with E-state index in [2.05, 4.69) is 29.9 Å². The predicted octanol–water partition coefficient (Wildman–Crippen LogP) is 3.61. The monoisotopic (exact) mass is 252 g/mol. The highest BCUT2D eigenvalue weighted by Crippen LogP contribution is 2.31. The SMILES string of the molecule is CCc1ccc2c(cc(O)c3nc(CC)ccc32)n1. The molecule has 3 rings (SSSR count). The molecule has 0 aliphatic carbocycles. The summed E-state index contributed by atoms with van der Waals surface area (Å²) < 4.78 is 0. The summed E-state index contributed by atoms with van der Waals surface area (Å²) in [6.07, 6.45) is 1.75. The lowest BCUT2D eigenvalue weighted by Gasteiger charge is -2.08. The fourth-order valence-corrected chi connectivity index (χ4v) is 2.36. The molecule has 2 aromatic heterocycles. The summed E-state index contributed by atoms with van der Waals surface area (Å²) in [5.41, 5.74) is 3.51. The number of pyridine rings is 2. The maximum atomic E-state index is 10.2. The van der Waals surface area contributed by atoms with Gasteiger partial charge in [-0.05, 0) is 25.0 Å². The third kappa shape index (κ3) is 1.91. The van der Waals surface area contributed by atoms with Gasteiger partial charge in [-0.1, -0.05) is 26.0 Å². The minimum Gasteiger partial charge on any atom is -0.506 e. The second-order valence-corrected chi connectivity index (χ2v) is 4.67. The van der Waals surface area contributed by atoms with Crippen molar-refractivity contribution in [3.63, 3.8) is 0 Å². The molecule has 0 radical (unpaired) electrons. The van der Waals surface area contributed by atoms with Crippen LogP contribution in [0.25, 0.3) is 21.8 Å². The van der Waals surface area contributed by atoms with E-state index in [1.54, 1.807) is 6.07 Å². The zero-order valence-electron chi connectivity index (χ0n) is 11.1. The number of fused-ring (bicyclic) bond motifs is 3. The highest BCUT2D eigenvalue weighted by atomic mass is 16.3. The third-order valence-corrected chi connectivity index (χ3v) is 3.47. The second kappa shape index (κ2) is 4.50. The zero-order valence-corrected chi connectivity index (χ0v) is 11.1. The lowest BCUT2D eigenvalue weighted by Crippen LogP contribution is -1.92. The van der Waals surface area contributed by atoms with E-state index in [-0.39, 0.29) is 5.75 Å². The van der Waals surface area contributed by atoms with E-state index in [0.29, 0.717) is 5.52 Å². The Kier molecular flexibility index (Phi) is 2.82. The van der Waals surface area contributed by atoms with Gasteiger partial charge in [0.1, 0.15) is 11.3 Å². The van der Waals surface area contributed by atoms with Crippen LogP contribution in [0.5, 0.6) is 5.75 Å². The standard InChI is InChI=1S/C16H16N2O/c1-3-10-5-7-12-13-8-6-11(4-2)18-16(13)15(19)9-14(12)17-10/h5-9,19H,3-4H2,1-2H3. The summed E-state index contributed by atoms with van der Waals surface area (Å²) in [6.45, 7) is 4.13. The normalized spacial score (nSPS) is 11.3. The Labute approximate surface area is 111 Å². The van der Waals surface area contributed by atoms with Gasteiger partial charge in [-0.25, -0.2) is 4.98 Å². The van der Waals surface area contributed by atoms with Crippen LogP contribution in [0.1, 0.15) is 25.2 Å². The summed E-state index contributed by atoms with van der Waals surface area (Å²) in [5.74, 6) is 0.207. The van der Waals surface area contributed by atoms with Crippen molar-refractivity contribution in [1.82, 2.24) is 9.97 Å². The molecule has 0 saturated heterocycles. The van der Waals surface area contributed by atoms with Gasteiger partial charge >= 0.3 is 0 Å². The van der Waals surface area contributed by atoms with Crippen LogP contribution in [-0.2, 0) is 12.8 Å². The number of phenols is 1. The molecule has 3 aromatic rings. The van der Waals surface area contributed by atoms with E-state index in [1.807, 2.05) is 18.2 Å². The molecule has 96 valence electrons. The Bertz CT molecular complexity index is 765. The largest absolute Gasteiger partial charge is 0.506 e. The molecule has 3 nitrogen and oxygen atoms in total. The minimum atomic E-state index is 0.207. The van der Waals surface area contributed by atoms with E-state index < -0.39 is 0 Å². The van der Waals surface area contributed by atoms with Crippen molar-refractivity contribution in [1.29, 1.82) is 0 Å². The van der Waals surface area contributed by atoms with Gasteiger partial charge in [0.15, 0.2) is 0 Å². The number of phenolic OH excluding ortho intramolecular Hbond substituents is 1. The number of nitrogens with zero attached hydrogens (tertiary/aromatic N) is 2. The highest BCUT2D eigenvalue weighted by molar-refractivity contribution is 6.07. The molecule has 0 fully saturated rings. The molecule has 0 atom stereocenters. The van der Waals surface area contributed by atoms with E-state index in [9.17, 15) is 5.11 Å². The van der Waals surface area contributed by atoms with Gasteiger partial charge in [0, 0.05) is 28.2 Å². The first-order chi connectivity index (χ1) is 9.22. The summed E-state index contributed by atoms with van der Waals surface area (Å²) in [7, 11) is 0. The maximum Gasteiger partial charge on any atom is 0.144 e. The van der Waals surface area contributed by atoms with Crippen LogP contribution in [0.3, 0.4) is 0 Å². The maximum absolute atomic E-state index is 10.2.